The Morgan fingerprint density at radius 2 is 1.81 bits per heavy atom. The maximum Gasteiger partial charge on any atom is 0.260 e. The molecule has 7 heteroatoms. The first-order chi connectivity index (χ1) is 15.5. The second-order valence-electron chi connectivity index (χ2n) is 8.52. The number of hydrogen-bond donors (Lipinski definition) is 0. The molecule has 2 saturated heterocycles. The minimum Gasteiger partial charge on any atom is -0.484 e. The first-order valence-electron chi connectivity index (χ1n) is 11.2. The quantitative estimate of drug-likeness (QED) is 0.695. The summed E-state index contributed by atoms with van der Waals surface area (Å²) < 4.78 is 18.9. The molecule has 4 rings (SSSR count). The summed E-state index contributed by atoms with van der Waals surface area (Å²) in [6, 6.07) is 13.8. The van der Waals surface area contributed by atoms with Crippen molar-refractivity contribution in [2.24, 2.45) is 0 Å². The van der Waals surface area contributed by atoms with Crippen molar-refractivity contribution in [2.45, 2.75) is 32.4 Å². The molecule has 1 unspecified atom stereocenters. The van der Waals surface area contributed by atoms with Crippen molar-refractivity contribution in [1.82, 2.24) is 14.7 Å². The molecular weight excluding hydrogens is 409 g/mol. The van der Waals surface area contributed by atoms with Crippen LogP contribution in [-0.4, -0.2) is 71.9 Å². The number of carbonyl (C=O) groups excluding carboxylic acids is 2. The summed E-state index contributed by atoms with van der Waals surface area (Å²) >= 11 is 0. The molecule has 1 atom stereocenters. The van der Waals surface area contributed by atoms with E-state index in [4.69, 9.17) is 4.74 Å². The molecule has 0 saturated carbocycles. The zero-order valence-corrected chi connectivity index (χ0v) is 18.5. The highest BCUT2D eigenvalue weighted by Gasteiger charge is 2.36. The van der Waals surface area contributed by atoms with Crippen LogP contribution in [0.15, 0.2) is 48.5 Å². The molecule has 0 bridgehead atoms. The molecule has 0 radical (unpaired) electrons. The molecule has 2 aliphatic rings. The van der Waals surface area contributed by atoms with E-state index in [0.29, 0.717) is 32.7 Å². The van der Waals surface area contributed by atoms with Gasteiger partial charge < -0.3 is 14.5 Å². The molecule has 0 aromatic heterocycles. The Morgan fingerprint density at radius 1 is 1.03 bits per heavy atom. The van der Waals surface area contributed by atoms with Gasteiger partial charge in [0.25, 0.3) is 5.91 Å². The SMILES string of the molecule is Cc1ccccc1OCC(=O)N1CCCN(C2CCN(Cc3ccc(F)cc3)C2=O)CC1. The number of amides is 2. The number of benzene rings is 2. The highest BCUT2D eigenvalue weighted by atomic mass is 19.1. The Labute approximate surface area is 188 Å². The topological polar surface area (TPSA) is 53.1 Å². The van der Waals surface area contributed by atoms with Crippen LogP contribution >= 0.6 is 0 Å². The van der Waals surface area contributed by atoms with Gasteiger partial charge in [0.1, 0.15) is 11.6 Å². The lowest BCUT2D eigenvalue weighted by molar-refractivity contribution is -0.133. The lowest BCUT2D eigenvalue weighted by atomic mass is 10.2. The van der Waals surface area contributed by atoms with Crippen LogP contribution in [0, 0.1) is 12.7 Å². The van der Waals surface area contributed by atoms with Gasteiger partial charge in [-0.25, -0.2) is 4.39 Å². The van der Waals surface area contributed by atoms with Gasteiger partial charge in [-0.2, -0.15) is 0 Å². The highest BCUT2D eigenvalue weighted by molar-refractivity contribution is 5.84. The third kappa shape index (κ3) is 5.27. The van der Waals surface area contributed by atoms with Gasteiger partial charge in [0.05, 0.1) is 6.04 Å². The largest absolute Gasteiger partial charge is 0.484 e. The normalized spacial score (nSPS) is 19.8. The maximum atomic E-state index is 13.1. The Morgan fingerprint density at radius 3 is 2.59 bits per heavy atom. The third-order valence-corrected chi connectivity index (χ3v) is 6.32. The fourth-order valence-corrected chi connectivity index (χ4v) is 4.48. The van der Waals surface area contributed by atoms with Crippen LogP contribution in [0.3, 0.4) is 0 Å². The van der Waals surface area contributed by atoms with Crippen molar-refractivity contribution in [1.29, 1.82) is 0 Å². The second-order valence-corrected chi connectivity index (χ2v) is 8.52. The molecular formula is C25H30FN3O3. The molecule has 2 aromatic rings. The molecule has 0 aliphatic carbocycles. The molecule has 0 N–H and O–H groups in total. The summed E-state index contributed by atoms with van der Waals surface area (Å²) in [7, 11) is 0. The summed E-state index contributed by atoms with van der Waals surface area (Å²) in [6.45, 7) is 5.93. The zero-order chi connectivity index (χ0) is 22.5. The second kappa shape index (κ2) is 10.1. The van der Waals surface area contributed by atoms with Gasteiger partial charge in [-0.15, -0.1) is 0 Å². The first kappa shape index (κ1) is 22.3. The molecule has 6 nitrogen and oxygen atoms in total. The number of likely N-dealkylation sites (tertiary alicyclic amines) is 1. The molecule has 2 heterocycles. The Balaban J connectivity index is 1.28. The highest BCUT2D eigenvalue weighted by Crippen LogP contribution is 2.22. The first-order valence-corrected chi connectivity index (χ1v) is 11.2. The van der Waals surface area contributed by atoms with Crippen molar-refractivity contribution in [3.8, 4) is 5.75 Å². The number of rotatable bonds is 6. The predicted octanol–water partition coefficient (Wildman–Crippen LogP) is 2.85. The predicted molar refractivity (Wildman–Crippen MR) is 120 cm³/mol. The minimum absolute atomic E-state index is 0.0224. The fourth-order valence-electron chi connectivity index (χ4n) is 4.48. The van der Waals surface area contributed by atoms with Gasteiger partial charge in [-0.05, 0) is 49.1 Å². The van der Waals surface area contributed by atoms with Crippen molar-refractivity contribution in [3.05, 3.63) is 65.5 Å². The Hall–Kier alpha value is -2.93. The third-order valence-electron chi connectivity index (χ3n) is 6.32. The molecule has 170 valence electrons. The molecule has 2 aliphatic heterocycles. The standard InChI is InChI=1S/C25H30FN3O3/c1-19-5-2-3-6-23(19)32-18-24(30)28-13-4-12-27(15-16-28)22-11-14-29(25(22)31)17-20-7-9-21(26)10-8-20/h2-3,5-10,22H,4,11-18H2,1H3. The number of carbonyl (C=O) groups is 2. The van der Waals surface area contributed by atoms with E-state index >= 15 is 0 Å². The average Bonchev–Trinajstić information content (AvgIpc) is 2.99. The van der Waals surface area contributed by atoms with E-state index in [1.54, 1.807) is 12.1 Å². The van der Waals surface area contributed by atoms with E-state index in [9.17, 15) is 14.0 Å². The summed E-state index contributed by atoms with van der Waals surface area (Å²) in [5.41, 5.74) is 1.94. The molecule has 0 spiro atoms. The van der Waals surface area contributed by atoms with Crippen LogP contribution in [0.25, 0.3) is 0 Å². The van der Waals surface area contributed by atoms with Crippen molar-refractivity contribution < 1.29 is 18.7 Å². The van der Waals surface area contributed by atoms with Gasteiger partial charge in [0.15, 0.2) is 6.61 Å². The van der Waals surface area contributed by atoms with Crippen LogP contribution in [-0.2, 0) is 16.1 Å². The lowest BCUT2D eigenvalue weighted by Crippen LogP contribution is -2.44. The van der Waals surface area contributed by atoms with Crippen LogP contribution in [0.4, 0.5) is 4.39 Å². The van der Waals surface area contributed by atoms with E-state index in [-0.39, 0.29) is 30.3 Å². The molecule has 2 aromatic carbocycles. The van der Waals surface area contributed by atoms with Crippen LogP contribution in [0.1, 0.15) is 24.0 Å². The summed E-state index contributed by atoms with van der Waals surface area (Å²) in [4.78, 5) is 31.6. The fraction of sp³-hybridized carbons (Fsp3) is 0.440. The number of ether oxygens (including phenoxy) is 1. The van der Waals surface area contributed by atoms with Gasteiger partial charge >= 0.3 is 0 Å². The monoisotopic (exact) mass is 439 g/mol. The van der Waals surface area contributed by atoms with Crippen molar-refractivity contribution in [3.63, 3.8) is 0 Å². The van der Waals surface area contributed by atoms with E-state index in [1.807, 2.05) is 41.0 Å². The molecule has 2 amide bonds. The number of aryl methyl sites for hydroxylation is 1. The summed E-state index contributed by atoms with van der Waals surface area (Å²) in [5.74, 6) is 0.560. The van der Waals surface area contributed by atoms with Gasteiger partial charge in [0, 0.05) is 39.3 Å². The lowest BCUT2D eigenvalue weighted by Gasteiger charge is -2.26. The van der Waals surface area contributed by atoms with Gasteiger partial charge in [-0.1, -0.05) is 30.3 Å². The maximum absolute atomic E-state index is 13.1. The number of halogens is 1. The molecule has 32 heavy (non-hydrogen) atoms. The Kier molecular flexibility index (Phi) is 7.05. The van der Waals surface area contributed by atoms with Gasteiger partial charge in [0.2, 0.25) is 5.91 Å². The van der Waals surface area contributed by atoms with Crippen molar-refractivity contribution >= 4 is 11.8 Å². The Bertz CT molecular complexity index is 950. The van der Waals surface area contributed by atoms with Gasteiger partial charge in [-0.3, -0.25) is 14.5 Å². The molecule has 2 fully saturated rings. The number of nitrogens with zero attached hydrogens (tertiary/aromatic N) is 3. The summed E-state index contributed by atoms with van der Waals surface area (Å²) in [5, 5.41) is 0. The van der Waals surface area contributed by atoms with E-state index in [1.165, 1.54) is 12.1 Å². The summed E-state index contributed by atoms with van der Waals surface area (Å²) in [6.07, 6.45) is 1.61. The van der Waals surface area contributed by atoms with Crippen LogP contribution in [0.5, 0.6) is 5.75 Å². The zero-order valence-electron chi connectivity index (χ0n) is 18.5. The van der Waals surface area contributed by atoms with E-state index in [2.05, 4.69) is 4.90 Å². The van der Waals surface area contributed by atoms with Crippen LogP contribution in [0.2, 0.25) is 0 Å². The number of para-hydroxylation sites is 1. The smallest absolute Gasteiger partial charge is 0.260 e. The van der Waals surface area contributed by atoms with Crippen LogP contribution < -0.4 is 4.74 Å². The van der Waals surface area contributed by atoms with E-state index < -0.39 is 0 Å². The average molecular weight is 440 g/mol. The van der Waals surface area contributed by atoms with E-state index in [0.717, 1.165) is 36.3 Å². The minimum atomic E-state index is -0.271. The van der Waals surface area contributed by atoms with Crippen molar-refractivity contribution in [2.75, 3.05) is 39.3 Å². The number of hydrogen-bond acceptors (Lipinski definition) is 4.